The van der Waals surface area contributed by atoms with Crippen LogP contribution >= 0.6 is 11.6 Å². The standard InChI is InChI=1S/C36H37ClF3N3O2/c37-31-16-12-29(13-17-31)35(45)21-24-43(25-22-35)23-7-20-34(27-8-3-1-4-9-27,28-10-5-2-6-11-28)26-41-33(44)42-32-18-14-30(15-19-32)36(38,39)40/h1-6,8-19,45H,7,20-26H2,(H2,41,42,44). The highest BCUT2D eigenvalue weighted by Gasteiger charge is 2.37. The molecule has 5 nitrogen and oxygen atoms in total. The number of alkyl halides is 3. The molecule has 0 bridgehead atoms. The Kier molecular flexibility index (Phi) is 10.2. The highest BCUT2D eigenvalue weighted by atomic mass is 35.5. The molecule has 1 saturated heterocycles. The minimum atomic E-state index is -4.45. The van der Waals surface area contributed by atoms with Crippen LogP contribution in [0, 0.1) is 0 Å². The molecule has 0 radical (unpaired) electrons. The van der Waals surface area contributed by atoms with Crippen LogP contribution in [0.1, 0.15) is 47.9 Å². The van der Waals surface area contributed by atoms with Crippen molar-refractivity contribution >= 4 is 23.3 Å². The maximum Gasteiger partial charge on any atom is 0.416 e. The molecule has 1 fully saturated rings. The normalized spacial score (nSPS) is 15.4. The maximum absolute atomic E-state index is 13.0. The van der Waals surface area contributed by atoms with E-state index in [1.807, 2.05) is 60.7 Å². The van der Waals surface area contributed by atoms with Crippen molar-refractivity contribution in [3.05, 3.63) is 136 Å². The Morgan fingerprint density at radius 1 is 0.800 bits per heavy atom. The van der Waals surface area contributed by atoms with E-state index in [4.69, 9.17) is 11.6 Å². The molecule has 0 atom stereocenters. The summed E-state index contributed by atoms with van der Waals surface area (Å²) in [5.41, 5.74) is 1.07. The molecule has 5 rings (SSSR count). The summed E-state index contributed by atoms with van der Waals surface area (Å²) in [6, 6.07) is 31.4. The van der Waals surface area contributed by atoms with Crippen LogP contribution < -0.4 is 10.6 Å². The lowest BCUT2D eigenvalue weighted by molar-refractivity contribution is -0.137. The minimum Gasteiger partial charge on any atom is -0.385 e. The van der Waals surface area contributed by atoms with Crippen molar-refractivity contribution in [3.8, 4) is 0 Å². The van der Waals surface area contributed by atoms with E-state index in [1.165, 1.54) is 12.1 Å². The number of halogens is 4. The molecule has 236 valence electrons. The molecule has 4 aromatic rings. The van der Waals surface area contributed by atoms with Crippen LogP contribution in [0.3, 0.4) is 0 Å². The van der Waals surface area contributed by atoms with Crippen molar-refractivity contribution in [1.29, 1.82) is 0 Å². The number of likely N-dealkylation sites (tertiary alicyclic amines) is 1. The molecule has 2 amide bonds. The first-order valence-electron chi connectivity index (χ1n) is 15.1. The van der Waals surface area contributed by atoms with E-state index in [0.29, 0.717) is 17.9 Å². The minimum absolute atomic E-state index is 0.272. The lowest BCUT2D eigenvalue weighted by Gasteiger charge is -2.40. The number of nitrogens with zero attached hydrogens (tertiary/aromatic N) is 1. The fourth-order valence-electron chi connectivity index (χ4n) is 6.21. The van der Waals surface area contributed by atoms with E-state index in [1.54, 1.807) is 0 Å². The number of aliphatic hydroxyl groups is 1. The van der Waals surface area contributed by atoms with Gasteiger partial charge in [0.2, 0.25) is 0 Å². The number of amides is 2. The predicted molar refractivity (Wildman–Crippen MR) is 172 cm³/mol. The Bertz CT molecular complexity index is 1480. The van der Waals surface area contributed by atoms with Gasteiger partial charge in [-0.15, -0.1) is 0 Å². The second-order valence-electron chi connectivity index (χ2n) is 11.7. The summed E-state index contributed by atoms with van der Waals surface area (Å²) in [5, 5.41) is 17.6. The average molecular weight is 636 g/mol. The Morgan fingerprint density at radius 3 is 1.89 bits per heavy atom. The molecule has 1 aliphatic rings. The topological polar surface area (TPSA) is 64.6 Å². The number of carbonyl (C=O) groups excluding carboxylic acids is 1. The van der Waals surface area contributed by atoms with E-state index in [9.17, 15) is 23.1 Å². The summed E-state index contributed by atoms with van der Waals surface area (Å²) in [6.45, 7) is 2.63. The molecule has 0 spiro atoms. The second-order valence-corrected chi connectivity index (χ2v) is 12.1. The van der Waals surface area contributed by atoms with Gasteiger partial charge in [-0.05, 0) is 85.3 Å². The van der Waals surface area contributed by atoms with Gasteiger partial charge in [-0.3, -0.25) is 0 Å². The number of benzene rings is 4. The molecule has 1 aliphatic heterocycles. The number of anilines is 1. The molecular weight excluding hydrogens is 599 g/mol. The molecular formula is C36H37ClF3N3O2. The Hall–Kier alpha value is -3.85. The van der Waals surface area contributed by atoms with E-state index < -0.39 is 28.8 Å². The monoisotopic (exact) mass is 635 g/mol. The van der Waals surface area contributed by atoms with Gasteiger partial charge in [0.25, 0.3) is 0 Å². The van der Waals surface area contributed by atoms with Gasteiger partial charge in [-0.25, -0.2) is 4.79 Å². The van der Waals surface area contributed by atoms with Crippen LogP contribution in [0.25, 0.3) is 0 Å². The third-order valence-corrected chi connectivity index (χ3v) is 9.07. The van der Waals surface area contributed by atoms with Crippen LogP contribution in [0.15, 0.2) is 109 Å². The summed E-state index contributed by atoms with van der Waals surface area (Å²) in [7, 11) is 0. The summed E-state index contributed by atoms with van der Waals surface area (Å²) < 4.78 is 38.9. The van der Waals surface area contributed by atoms with Crippen molar-refractivity contribution < 1.29 is 23.1 Å². The molecule has 0 saturated carbocycles. The molecule has 9 heteroatoms. The summed E-state index contributed by atoms with van der Waals surface area (Å²) in [4.78, 5) is 15.4. The van der Waals surface area contributed by atoms with E-state index in [-0.39, 0.29) is 12.2 Å². The Morgan fingerprint density at radius 2 is 1.36 bits per heavy atom. The Labute approximate surface area is 267 Å². The van der Waals surface area contributed by atoms with Crippen molar-refractivity contribution in [3.63, 3.8) is 0 Å². The van der Waals surface area contributed by atoms with Gasteiger partial charge >= 0.3 is 12.2 Å². The third-order valence-electron chi connectivity index (χ3n) is 8.82. The number of nitrogens with one attached hydrogen (secondary N) is 2. The lowest BCUT2D eigenvalue weighted by Crippen LogP contribution is -2.45. The molecule has 4 aromatic carbocycles. The number of piperidine rings is 1. The van der Waals surface area contributed by atoms with Crippen LogP contribution in [-0.4, -0.2) is 42.2 Å². The first kappa shape index (κ1) is 32.5. The first-order chi connectivity index (χ1) is 21.6. The fourth-order valence-corrected chi connectivity index (χ4v) is 6.34. The van der Waals surface area contributed by atoms with Gasteiger partial charge < -0.3 is 20.6 Å². The van der Waals surface area contributed by atoms with Crippen molar-refractivity contribution in [2.75, 3.05) is 31.5 Å². The second kappa shape index (κ2) is 14.1. The van der Waals surface area contributed by atoms with Gasteiger partial charge in [0.15, 0.2) is 0 Å². The summed E-state index contributed by atoms with van der Waals surface area (Å²) in [6.07, 6.45) is -1.62. The van der Waals surface area contributed by atoms with Gasteiger partial charge in [-0.1, -0.05) is 84.4 Å². The van der Waals surface area contributed by atoms with Gasteiger partial charge in [0.1, 0.15) is 0 Å². The highest BCUT2D eigenvalue weighted by molar-refractivity contribution is 6.30. The molecule has 1 heterocycles. The number of urea groups is 1. The zero-order valence-corrected chi connectivity index (χ0v) is 25.6. The zero-order valence-electron chi connectivity index (χ0n) is 24.9. The van der Waals surface area contributed by atoms with Gasteiger partial charge in [0.05, 0.1) is 11.2 Å². The van der Waals surface area contributed by atoms with E-state index >= 15 is 0 Å². The molecule has 0 aromatic heterocycles. The number of hydrogen-bond acceptors (Lipinski definition) is 3. The average Bonchev–Trinajstić information content (AvgIpc) is 3.05. The lowest BCUT2D eigenvalue weighted by atomic mass is 9.71. The summed E-state index contributed by atoms with van der Waals surface area (Å²) >= 11 is 6.05. The van der Waals surface area contributed by atoms with Crippen LogP contribution in [0.4, 0.5) is 23.7 Å². The van der Waals surface area contributed by atoms with Crippen molar-refractivity contribution in [1.82, 2.24) is 10.2 Å². The highest BCUT2D eigenvalue weighted by Crippen LogP contribution is 2.38. The van der Waals surface area contributed by atoms with Crippen LogP contribution in [-0.2, 0) is 17.2 Å². The molecule has 0 unspecified atom stereocenters. The van der Waals surface area contributed by atoms with Crippen molar-refractivity contribution in [2.45, 2.75) is 42.9 Å². The summed E-state index contributed by atoms with van der Waals surface area (Å²) in [5.74, 6) is 0. The Balaban J connectivity index is 1.28. The zero-order chi connectivity index (χ0) is 31.9. The van der Waals surface area contributed by atoms with E-state index in [2.05, 4.69) is 39.8 Å². The van der Waals surface area contributed by atoms with Crippen molar-refractivity contribution in [2.24, 2.45) is 0 Å². The smallest absolute Gasteiger partial charge is 0.385 e. The number of rotatable bonds is 10. The molecule has 0 aliphatic carbocycles. The maximum atomic E-state index is 13.0. The SMILES string of the molecule is O=C(NCC(CCCN1CCC(O)(c2ccc(Cl)cc2)CC1)(c1ccccc1)c1ccccc1)Nc1ccc(C(F)(F)F)cc1. The predicted octanol–water partition coefficient (Wildman–Crippen LogP) is 8.23. The van der Waals surface area contributed by atoms with Crippen LogP contribution in [0.5, 0.6) is 0 Å². The molecule has 3 N–H and O–H groups in total. The van der Waals surface area contributed by atoms with Gasteiger partial charge in [0, 0.05) is 35.8 Å². The fraction of sp³-hybridized carbons (Fsp3) is 0.306. The quantitative estimate of drug-likeness (QED) is 0.164. The number of carbonyl (C=O) groups is 1. The van der Waals surface area contributed by atoms with Gasteiger partial charge in [-0.2, -0.15) is 13.2 Å². The first-order valence-corrected chi connectivity index (χ1v) is 15.5. The van der Waals surface area contributed by atoms with Crippen LogP contribution in [0.2, 0.25) is 5.02 Å². The number of hydrogen-bond donors (Lipinski definition) is 3. The van der Waals surface area contributed by atoms with E-state index in [0.717, 1.165) is 61.3 Å². The largest absolute Gasteiger partial charge is 0.416 e. The molecule has 45 heavy (non-hydrogen) atoms. The third kappa shape index (κ3) is 8.06.